The molecule has 12 heavy (non-hydrogen) atoms. The van der Waals surface area contributed by atoms with Crippen LogP contribution >= 0.6 is 0 Å². The summed E-state index contributed by atoms with van der Waals surface area (Å²) in [7, 11) is 0. The molecule has 72 valence electrons. The molecule has 0 bridgehead atoms. The molecular weight excluding hydrogens is 148 g/mol. The number of allylic oxidation sites excluding steroid dienone is 2. The fourth-order valence-electron chi connectivity index (χ4n) is 1.35. The summed E-state index contributed by atoms with van der Waals surface area (Å²) in [5.41, 5.74) is 1.47. The van der Waals surface area contributed by atoms with E-state index in [1.54, 1.807) is 0 Å². The van der Waals surface area contributed by atoms with Gasteiger partial charge < -0.3 is 5.11 Å². The van der Waals surface area contributed by atoms with Crippen molar-refractivity contribution in [1.82, 2.24) is 0 Å². The average molecular weight is 170 g/mol. The second kappa shape index (κ2) is 7.35. The first-order valence-electron chi connectivity index (χ1n) is 4.97. The normalized spacial score (nSPS) is 14.8. The van der Waals surface area contributed by atoms with Gasteiger partial charge in [-0.3, -0.25) is 0 Å². The van der Waals surface area contributed by atoms with Crippen molar-refractivity contribution in [3.05, 3.63) is 11.6 Å². The van der Waals surface area contributed by atoms with Gasteiger partial charge in [0.1, 0.15) is 0 Å². The van der Waals surface area contributed by atoms with Crippen LogP contribution in [0.4, 0.5) is 0 Å². The molecule has 1 unspecified atom stereocenters. The number of aliphatic hydroxyl groups excluding tert-OH is 1. The first-order valence-corrected chi connectivity index (χ1v) is 4.97. The zero-order chi connectivity index (χ0) is 9.40. The van der Waals surface area contributed by atoms with Crippen molar-refractivity contribution in [2.24, 2.45) is 5.92 Å². The number of rotatable bonds is 6. The van der Waals surface area contributed by atoms with Gasteiger partial charge in [-0.2, -0.15) is 0 Å². The molecule has 0 amide bonds. The van der Waals surface area contributed by atoms with E-state index in [2.05, 4.69) is 26.8 Å². The van der Waals surface area contributed by atoms with Gasteiger partial charge in [0.15, 0.2) is 0 Å². The molecule has 0 aromatic carbocycles. The standard InChI is InChI=1S/C11H22O/c1-4-5-6-10(2)9-11(3)7-8-12/h6,11-12H,4-5,7-9H2,1-3H3/b10-6+. The Balaban J connectivity index is 3.59. The van der Waals surface area contributed by atoms with E-state index in [4.69, 9.17) is 5.11 Å². The number of hydrogen-bond acceptors (Lipinski definition) is 1. The summed E-state index contributed by atoms with van der Waals surface area (Å²) < 4.78 is 0. The topological polar surface area (TPSA) is 20.2 Å². The molecule has 0 aliphatic heterocycles. The Hall–Kier alpha value is -0.300. The van der Waals surface area contributed by atoms with Crippen LogP contribution in [-0.4, -0.2) is 11.7 Å². The fraction of sp³-hybridized carbons (Fsp3) is 0.818. The lowest BCUT2D eigenvalue weighted by atomic mass is 9.98. The minimum absolute atomic E-state index is 0.322. The van der Waals surface area contributed by atoms with Gasteiger partial charge in [0.05, 0.1) is 0 Å². The van der Waals surface area contributed by atoms with Crippen molar-refractivity contribution in [2.45, 2.75) is 46.5 Å². The molecular formula is C11H22O. The summed E-state index contributed by atoms with van der Waals surface area (Å²) in [5, 5.41) is 8.71. The summed E-state index contributed by atoms with van der Waals surface area (Å²) in [4.78, 5) is 0. The molecule has 0 saturated carbocycles. The van der Waals surface area contributed by atoms with E-state index in [0.29, 0.717) is 12.5 Å². The maximum absolute atomic E-state index is 8.71. The highest BCUT2D eigenvalue weighted by Crippen LogP contribution is 2.14. The molecule has 1 atom stereocenters. The molecule has 0 heterocycles. The molecule has 0 saturated heterocycles. The van der Waals surface area contributed by atoms with Crippen LogP contribution in [0.15, 0.2) is 11.6 Å². The van der Waals surface area contributed by atoms with Crippen LogP contribution in [0.3, 0.4) is 0 Å². The summed E-state index contributed by atoms with van der Waals surface area (Å²) in [6.45, 7) is 6.90. The molecule has 0 spiro atoms. The molecule has 0 rings (SSSR count). The van der Waals surface area contributed by atoms with Crippen LogP contribution < -0.4 is 0 Å². The van der Waals surface area contributed by atoms with E-state index in [1.165, 1.54) is 18.4 Å². The van der Waals surface area contributed by atoms with Crippen molar-refractivity contribution in [1.29, 1.82) is 0 Å². The summed E-state index contributed by atoms with van der Waals surface area (Å²) in [6.07, 6.45) is 6.80. The van der Waals surface area contributed by atoms with E-state index in [9.17, 15) is 0 Å². The Morgan fingerprint density at radius 3 is 2.67 bits per heavy atom. The van der Waals surface area contributed by atoms with Crippen molar-refractivity contribution in [3.63, 3.8) is 0 Å². The third-order valence-electron chi connectivity index (χ3n) is 2.07. The van der Waals surface area contributed by atoms with Gasteiger partial charge in [-0.15, -0.1) is 0 Å². The SMILES string of the molecule is CCC/C=C(\C)CC(C)CCO. The molecule has 0 aromatic rings. The van der Waals surface area contributed by atoms with Crippen molar-refractivity contribution < 1.29 is 5.11 Å². The minimum atomic E-state index is 0.322. The summed E-state index contributed by atoms with van der Waals surface area (Å²) in [6, 6.07) is 0. The van der Waals surface area contributed by atoms with Gasteiger partial charge in [0.2, 0.25) is 0 Å². The summed E-state index contributed by atoms with van der Waals surface area (Å²) in [5.74, 6) is 0.628. The zero-order valence-corrected chi connectivity index (χ0v) is 8.64. The highest BCUT2D eigenvalue weighted by atomic mass is 16.2. The lowest BCUT2D eigenvalue weighted by Gasteiger charge is -2.09. The molecule has 0 aliphatic rings. The smallest absolute Gasteiger partial charge is 0.0433 e. The van der Waals surface area contributed by atoms with Crippen LogP contribution in [0, 0.1) is 5.92 Å². The van der Waals surface area contributed by atoms with Crippen molar-refractivity contribution in [3.8, 4) is 0 Å². The Kier molecular flexibility index (Phi) is 7.17. The Labute approximate surface area is 76.5 Å². The lowest BCUT2D eigenvalue weighted by molar-refractivity contribution is 0.262. The van der Waals surface area contributed by atoms with Crippen molar-refractivity contribution >= 4 is 0 Å². The predicted molar refractivity (Wildman–Crippen MR) is 54.1 cm³/mol. The highest BCUT2D eigenvalue weighted by Gasteiger charge is 2.01. The molecule has 0 aromatic heterocycles. The average Bonchev–Trinajstić information content (AvgIpc) is 2.01. The van der Waals surface area contributed by atoms with Crippen LogP contribution in [0.25, 0.3) is 0 Å². The first kappa shape index (κ1) is 11.7. The van der Waals surface area contributed by atoms with Crippen LogP contribution in [-0.2, 0) is 0 Å². The van der Waals surface area contributed by atoms with Crippen LogP contribution in [0.1, 0.15) is 46.5 Å². The fourth-order valence-corrected chi connectivity index (χ4v) is 1.35. The number of aliphatic hydroxyl groups is 1. The van der Waals surface area contributed by atoms with E-state index in [0.717, 1.165) is 12.8 Å². The molecule has 0 radical (unpaired) electrons. The predicted octanol–water partition coefficient (Wildman–Crippen LogP) is 3.14. The third-order valence-corrected chi connectivity index (χ3v) is 2.07. The molecule has 1 heteroatoms. The third kappa shape index (κ3) is 6.41. The zero-order valence-electron chi connectivity index (χ0n) is 8.64. The Bertz CT molecular complexity index is 127. The Morgan fingerprint density at radius 2 is 2.17 bits per heavy atom. The van der Waals surface area contributed by atoms with Gasteiger partial charge in [-0.05, 0) is 32.1 Å². The van der Waals surface area contributed by atoms with Gasteiger partial charge in [0.25, 0.3) is 0 Å². The maximum atomic E-state index is 8.71. The van der Waals surface area contributed by atoms with Gasteiger partial charge in [0, 0.05) is 6.61 Å². The van der Waals surface area contributed by atoms with E-state index < -0.39 is 0 Å². The highest BCUT2D eigenvalue weighted by molar-refractivity contribution is 4.98. The van der Waals surface area contributed by atoms with E-state index >= 15 is 0 Å². The summed E-state index contributed by atoms with van der Waals surface area (Å²) >= 11 is 0. The second-order valence-corrected chi connectivity index (χ2v) is 3.66. The minimum Gasteiger partial charge on any atom is -0.396 e. The molecule has 0 fully saturated rings. The molecule has 1 nitrogen and oxygen atoms in total. The van der Waals surface area contributed by atoms with Gasteiger partial charge in [-0.25, -0.2) is 0 Å². The number of unbranched alkanes of at least 4 members (excludes halogenated alkanes) is 1. The van der Waals surface area contributed by atoms with Gasteiger partial charge >= 0.3 is 0 Å². The molecule has 0 aliphatic carbocycles. The van der Waals surface area contributed by atoms with Crippen molar-refractivity contribution in [2.75, 3.05) is 6.61 Å². The maximum Gasteiger partial charge on any atom is 0.0433 e. The second-order valence-electron chi connectivity index (χ2n) is 3.66. The van der Waals surface area contributed by atoms with Crippen LogP contribution in [0.2, 0.25) is 0 Å². The largest absolute Gasteiger partial charge is 0.396 e. The van der Waals surface area contributed by atoms with Crippen LogP contribution in [0.5, 0.6) is 0 Å². The van der Waals surface area contributed by atoms with Gasteiger partial charge in [-0.1, -0.05) is 31.9 Å². The molecule has 1 N–H and O–H groups in total. The quantitative estimate of drug-likeness (QED) is 0.607. The van der Waals surface area contributed by atoms with E-state index in [1.807, 2.05) is 0 Å². The lowest BCUT2D eigenvalue weighted by Crippen LogP contribution is -1.98. The number of hydrogen-bond donors (Lipinski definition) is 1. The monoisotopic (exact) mass is 170 g/mol. The first-order chi connectivity index (χ1) is 5.70. The Morgan fingerprint density at radius 1 is 1.50 bits per heavy atom. The van der Waals surface area contributed by atoms with E-state index in [-0.39, 0.29) is 0 Å².